The molecule has 2 rings (SSSR count). The normalized spacial score (nSPS) is 12.4. The molecule has 5 nitrogen and oxygen atoms in total. The van der Waals surface area contributed by atoms with Gasteiger partial charge in [-0.05, 0) is 24.7 Å². The lowest BCUT2D eigenvalue weighted by atomic mass is 10.1. The molecule has 0 saturated carbocycles. The highest BCUT2D eigenvalue weighted by molar-refractivity contribution is 5.57. The Morgan fingerprint density at radius 1 is 1.45 bits per heavy atom. The lowest BCUT2D eigenvalue weighted by Crippen LogP contribution is -2.19. The first-order valence-corrected chi connectivity index (χ1v) is 6.54. The summed E-state index contributed by atoms with van der Waals surface area (Å²) in [5.74, 6) is 0.861. The van der Waals surface area contributed by atoms with Gasteiger partial charge in [0.15, 0.2) is 11.6 Å². The van der Waals surface area contributed by atoms with Gasteiger partial charge in [0.2, 0.25) is 11.7 Å². The number of hydrogen-bond donors (Lipinski definition) is 1. The molecule has 0 amide bonds. The first kappa shape index (κ1) is 14.5. The summed E-state index contributed by atoms with van der Waals surface area (Å²) in [4.78, 5) is 4.34. The van der Waals surface area contributed by atoms with Gasteiger partial charge in [0, 0.05) is 18.0 Å². The summed E-state index contributed by atoms with van der Waals surface area (Å²) in [5, 5.41) is 7.15. The SMILES string of the molecule is CCNCC(C)c1nc(-c2ccc(F)c(OC)c2)no1. The fourth-order valence-electron chi connectivity index (χ4n) is 1.80. The summed E-state index contributed by atoms with van der Waals surface area (Å²) >= 11 is 0. The Kier molecular flexibility index (Phi) is 4.68. The minimum Gasteiger partial charge on any atom is -0.494 e. The molecule has 2 aromatic rings. The van der Waals surface area contributed by atoms with Crippen LogP contribution in [0.15, 0.2) is 22.7 Å². The van der Waals surface area contributed by atoms with Gasteiger partial charge in [-0.3, -0.25) is 0 Å². The minimum atomic E-state index is -0.416. The molecule has 0 aliphatic heterocycles. The summed E-state index contributed by atoms with van der Waals surface area (Å²) < 4.78 is 23.6. The minimum absolute atomic E-state index is 0.124. The van der Waals surface area contributed by atoms with Crippen LogP contribution in [0.2, 0.25) is 0 Å². The summed E-state index contributed by atoms with van der Waals surface area (Å²) in [6, 6.07) is 4.48. The fourth-order valence-corrected chi connectivity index (χ4v) is 1.80. The molecule has 0 aliphatic rings. The molecular formula is C14H18FN3O2. The zero-order valence-electron chi connectivity index (χ0n) is 11.8. The van der Waals surface area contributed by atoms with Gasteiger partial charge < -0.3 is 14.6 Å². The van der Waals surface area contributed by atoms with Crippen LogP contribution in [0.1, 0.15) is 25.7 Å². The molecule has 1 heterocycles. The Hall–Kier alpha value is -1.95. The summed E-state index contributed by atoms with van der Waals surface area (Å²) in [6.45, 7) is 5.70. The summed E-state index contributed by atoms with van der Waals surface area (Å²) in [5.41, 5.74) is 0.661. The number of rotatable bonds is 6. The van der Waals surface area contributed by atoms with Crippen molar-refractivity contribution in [3.63, 3.8) is 0 Å². The lowest BCUT2D eigenvalue weighted by molar-refractivity contribution is 0.355. The van der Waals surface area contributed by atoms with E-state index in [9.17, 15) is 4.39 Å². The standard InChI is InChI=1S/C14H18FN3O2/c1-4-16-8-9(2)14-17-13(18-20-14)10-5-6-11(15)12(7-10)19-3/h5-7,9,16H,4,8H2,1-3H3. The number of aromatic nitrogens is 2. The Morgan fingerprint density at radius 3 is 2.95 bits per heavy atom. The molecule has 20 heavy (non-hydrogen) atoms. The predicted molar refractivity (Wildman–Crippen MR) is 73.2 cm³/mol. The van der Waals surface area contributed by atoms with Crippen molar-refractivity contribution in [1.82, 2.24) is 15.5 Å². The monoisotopic (exact) mass is 279 g/mol. The first-order valence-electron chi connectivity index (χ1n) is 6.54. The second kappa shape index (κ2) is 6.47. The largest absolute Gasteiger partial charge is 0.494 e. The number of hydrogen-bond acceptors (Lipinski definition) is 5. The fraction of sp³-hybridized carbons (Fsp3) is 0.429. The second-order valence-electron chi connectivity index (χ2n) is 4.51. The second-order valence-corrected chi connectivity index (χ2v) is 4.51. The molecule has 0 aliphatic carbocycles. The van der Waals surface area contributed by atoms with Crippen LogP contribution in [-0.4, -0.2) is 30.3 Å². The molecule has 1 aromatic carbocycles. The van der Waals surface area contributed by atoms with E-state index in [1.807, 2.05) is 13.8 Å². The molecule has 1 unspecified atom stereocenters. The van der Waals surface area contributed by atoms with Crippen LogP contribution >= 0.6 is 0 Å². The van der Waals surface area contributed by atoms with E-state index in [1.165, 1.54) is 13.2 Å². The molecule has 0 fully saturated rings. The van der Waals surface area contributed by atoms with Crippen molar-refractivity contribution in [2.75, 3.05) is 20.2 Å². The number of nitrogens with one attached hydrogen (secondary N) is 1. The summed E-state index contributed by atoms with van der Waals surface area (Å²) in [6.07, 6.45) is 0. The zero-order chi connectivity index (χ0) is 14.5. The van der Waals surface area contributed by atoms with Crippen molar-refractivity contribution in [2.24, 2.45) is 0 Å². The molecule has 0 radical (unpaired) electrons. The van der Waals surface area contributed by atoms with Crippen molar-refractivity contribution in [3.05, 3.63) is 29.9 Å². The number of nitrogens with zero attached hydrogens (tertiary/aromatic N) is 2. The molecule has 0 saturated heterocycles. The molecule has 1 atom stereocenters. The van der Waals surface area contributed by atoms with Crippen LogP contribution in [0.5, 0.6) is 5.75 Å². The van der Waals surface area contributed by atoms with E-state index in [-0.39, 0.29) is 11.7 Å². The van der Waals surface area contributed by atoms with E-state index < -0.39 is 5.82 Å². The van der Waals surface area contributed by atoms with Crippen LogP contribution in [0.25, 0.3) is 11.4 Å². The quantitative estimate of drug-likeness (QED) is 0.880. The average Bonchev–Trinajstić information content (AvgIpc) is 2.95. The topological polar surface area (TPSA) is 60.2 Å². The number of benzene rings is 1. The van der Waals surface area contributed by atoms with Gasteiger partial charge in [-0.1, -0.05) is 19.0 Å². The van der Waals surface area contributed by atoms with Gasteiger partial charge in [-0.25, -0.2) is 4.39 Å². The van der Waals surface area contributed by atoms with Gasteiger partial charge in [0.1, 0.15) is 0 Å². The van der Waals surface area contributed by atoms with Gasteiger partial charge in [-0.15, -0.1) is 0 Å². The van der Waals surface area contributed by atoms with Gasteiger partial charge in [0.25, 0.3) is 0 Å². The maximum absolute atomic E-state index is 13.4. The van der Waals surface area contributed by atoms with Crippen LogP contribution in [0.3, 0.4) is 0 Å². The third kappa shape index (κ3) is 3.14. The van der Waals surface area contributed by atoms with E-state index in [0.29, 0.717) is 17.3 Å². The van der Waals surface area contributed by atoms with Gasteiger partial charge >= 0.3 is 0 Å². The number of ether oxygens (including phenoxy) is 1. The first-order chi connectivity index (χ1) is 9.65. The van der Waals surface area contributed by atoms with E-state index in [0.717, 1.165) is 13.1 Å². The Morgan fingerprint density at radius 2 is 2.25 bits per heavy atom. The predicted octanol–water partition coefficient (Wildman–Crippen LogP) is 2.60. The number of likely N-dealkylation sites (N-methyl/N-ethyl adjacent to an activating group) is 1. The number of methoxy groups -OCH3 is 1. The highest BCUT2D eigenvalue weighted by Crippen LogP contribution is 2.25. The molecule has 1 aromatic heterocycles. The number of halogens is 1. The Labute approximate surface area is 117 Å². The van der Waals surface area contributed by atoms with Gasteiger partial charge in [-0.2, -0.15) is 4.98 Å². The van der Waals surface area contributed by atoms with Crippen molar-refractivity contribution >= 4 is 0 Å². The van der Waals surface area contributed by atoms with Crippen LogP contribution in [0.4, 0.5) is 4.39 Å². The Balaban J connectivity index is 2.20. The third-order valence-electron chi connectivity index (χ3n) is 2.97. The van der Waals surface area contributed by atoms with Gasteiger partial charge in [0.05, 0.1) is 7.11 Å². The average molecular weight is 279 g/mol. The van der Waals surface area contributed by atoms with Crippen molar-refractivity contribution in [3.8, 4) is 17.1 Å². The molecule has 6 heteroatoms. The third-order valence-corrected chi connectivity index (χ3v) is 2.97. The summed E-state index contributed by atoms with van der Waals surface area (Å²) in [7, 11) is 1.42. The lowest BCUT2D eigenvalue weighted by Gasteiger charge is -2.05. The van der Waals surface area contributed by atoms with Crippen LogP contribution in [0, 0.1) is 5.82 Å². The molecule has 108 valence electrons. The maximum atomic E-state index is 13.4. The van der Waals surface area contributed by atoms with E-state index in [2.05, 4.69) is 15.5 Å². The molecule has 0 spiro atoms. The zero-order valence-corrected chi connectivity index (χ0v) is 11.8. The molecule has 1 N–H and O–H groups in total. The van der Waals surface area contributed by atoms with E-state index in [4.69, 9.17) is 9.26 Å². The van der Waals surface area contributed by atoms with Crippen LogP contribution < -0.4 is 10.1 Å². The molecular weight excluding hydrogens is 261 g/mol. The smallest absolute Gasteiger partial charge is 0.231 e. The van der Waals surface area contributed by atoms with E-state index in [1.54, 1.807) is 12.1 Å². The molecule has 0 bridgehead atoms. The highest BCUT2D eigenvalue weighted by atomic mass is 19.1. The maximum Gasteiger partial charge on any atom is 0.231 e. The van der Waals surface area contributed by atoms with Crippen molar-refractivity contribution < 1.29 is 13.7 Å². The van der Waals surface area contributed by atoms with E-state index >= 15 is 0 Å². The van der Waals surface area contributed by atoms with Crippen LogP contribution in [-0.2, 0) is 0 Å². The van der Waals surface area contributed by atoms with Crippen molar-refractivity contribution in [1.29, 1.82) is 0 Å². The Bertz CT molecular complexity index is 571. The van der Waals surface area contributed by atoms with Crippen molar-refractivity contribution in [2.45, 2.75) is 19.8 Å². The highest BCUT2D eigenvalue weighted by Gasteiger charge is 2.16.